The van der Waals surface area contributed by atoms with E-state index in [1.165, 1.54) is 5.01 Å². The summed E-state index contributed by atoms with van der Waals surface area (Å²) in [6.07, 6.45) is -4.77. The minimum atomic E-state index is -4.77. The van der Waals surface area contributed by atoms with Gasteiger partial charge in [-0.15, -0.1) is 11.8 Å². The van der Waals surface area contributed by atoms with E-state index >= 15 is 0 Å². The minimum Gasteiger partial charge on any atom is -0.502 e. The first kappa shape index (κ1) is 24.2. The monoisotopic (exact) mass is 519 g/mol. The van der Waals surface area contributed by atoms with Crippen LogP contribution in [0.1, 0.15) is 45.8 Å². The third-order valence-electron chi connectivity index (χ3n) is 6.58. The van der Waals surface area contributed by atoms with Crippen LogP contribution in [-0.4, -0.2) is 39.5 Å². The summed E-state index contributed by atoms with van der Waals surface area (Å²) >= 11 is 1.56. The molecule has 36 heavy (non-hydrogen) atoms. The largest absolute Gasteiger partial charge is 0.502 e. The Morgan fingerprint density at radius 3 is 2.44 bits per heavy atom. The van der Waals surface area contributed by atoms with Gasteiger partial charge in [-0.25, -0.2) is 9.07 Å². The molecule has 0 saturated carbocycles. The molecule has 0 radical (unpaired) electrons. The first-order valence-corrected chi connectivity index (χ1v) is 12.1. The van der Waals surface area contributed by atoms with Gasteiger partial charge in [0.15, 0.2) is 11.4 Å². The fourth-order valence-electron chi connectivity index (χ4n) is 4.73. The van der Waals surface area contributed by atoms with E-state index in [2.05, 4.69) is 0 Å². The van der Waals surface area contributed by atoms with Crippen molar-refractivity contribution in [3.05, 3.63) is 92.9 Å². The zero-order valence-electron chi connectivity index (χ0n) is 19.0. The number of amides is 1. The van der Waals surface area contributed by atoms with E-state index in [4.69, 9.17) is 0 Å². The van der Waals surface area contributed by atoms with Crippen LogP contribution in [0.2, 0.25) is 0 Å². The summed E-state index contributed by atoms with van der Waals surface area (Å²) < 4.78 is 56.8. The molecule has 0 saturated heterocycles. The number of halogens is 4. The van der Waals surface area contributed by atoms with Gasteiger partial charge < -0.3 is 10.0 Å². The van der Waals surface area contributed by atoms with Crippen LogP contribution in [0.25, 0.3) is 0 Å². The number of aromatic hydroxyl groups is 1. The number of pyridine rings is 1. The Morgan fingerprint density at radius 1 is 1.08 bits per heavy atom. The van der Waals surface area contributed by atoms with Crippen molar-refractivity contribution in [2.75, 3.05) is 11.7 Å². The molecule has 0 bridgehead atoms. The maximum absolute atomic E-state index is 14.2. The molecule has 1 amide bonds. The van der Waals surface area contributed by atoms with Crippen molar-refractivity contribution < 1.29 is 27.5 Å². The van der Waals surface area contributed by atoms with Crippen molar-refractivity contribution in [2.45, 2.75) is 42.5 Å². The average Bonchev–Trinajstić information content (AvgIpc) is 3.02. The standard InChI is InChI=1S/C25H21F4N3O3S/c1-14(25(27,28)29)30-13-31(32-16(11-26)10-19(33)23(34)22(32)24(30)35)21-17-7-3-2-6-15(17)12-36-20-9-5-4-8-18(20)21/h2-10,14,21,34H,11-13H2,1H3/t14-,21+/m1/s1. The van der Waals surface area contributed by atoms with Gasteiger partial charge in [0.2, 0.25) is 5.43 Å². The summed E-state index contributed by atoms with van der Waals surface area (Å²) in [6, 6.07) is 12.7. The molecule has 2 atom stereocenters. The summed E-state index contributed by atoms with van der Waals surface area (Å²) in [5, 5.41) is 12.0. The molecule has 5 rings (SSSR count). The lowest BCUT2D eigenvalue weighted by Gasteiger charge is -2.46. The van der Waals surface area contributed by atoms with Gasteiger partial charge in [0, 0.05) is 16.7 Å². The molecule has 1 aromatic heterocycles. The third-order valence-corrected chi connectivity index (χ3v) is 7.72. The van der Waals surface area contributed by atoms with Gasteiger partial charge in [-0.3, -0.25) is 14.6 Å². The maximum Gasteiger partial charge on any atom is 0.408 e. The van der Waals surface area contributed by atoms with E-state index < -0.39 is 54.4 Å². The SMILES string of the molecule is C[C@@H](N1CN([C@H]2c3ccccc3CSc3ccccc32)n2c(CF)cc(=O)c(O)c2C1=O)C(F)(F)F. The molecule has 11 heteroatoms. The first-order chi connectivity index (χ1) is 17.1. The molecule has 3 aromatic rings. The molecule has 3 heterocycles. The van der Waals surface area contributed by atoms with Crippen LogP contribution in [0.15, 0.2) is 64.3 Å². The number of hydrogen-bond donors (Lipinski definition) is 1. The van der Waals surface area contributed by atoms with Crippen LogP contribution in [0.3, 0.4) is 0 Å². The average molecular weight is 520 g/mol. The second kappa shape index (κ2) is 8.88. The van der Waals surface area contributed by atoms with E-state index in [0.717, 1.165) is 39.3 Å². The molecule has 0 aliphatic carbocycles. The normalized spacial score (nSPS) is 18.2. The Kier molecular flexibility index (Phi) is 5.98. The van der Waals surface area contributed by atoms with Crippen LogP contribution >= 0.6 is 11.8 Å². The van der Waals surface area contributed by atoms with Gasteiger partial charge in [-0.05, 0) is 29.7 Å². The molecule has 0 unspecified atom stereocenters. The van der Waals surface area contributed by atoms with E-state index in [0.29, 0.717) is 10.7 Å². The van der Waals surface area contributed by atoms with Crippen LogP contribution in [-0.2, 0) is 12.4 Å². The van der Waals surface area contributed by atoms with Gasteiger partial charge in [0.1, 0.15) is 19.4 Å². The lowest BCUT2D eigenvalue weighted by molar-refractivity contribution is -0.173. The Labute approximate surface area is 207 Å². The Morgan fingerprint density at radius 2 is 1.75 bits per heavy atom. The number of fused-ring (bicyclic) bond motifs is 3. The quantitative estimate of drug-likeness (QED) is 0.508. The summed E-state index contributed by atoms with van der Waals surface area (Å²) in [5.41, 5.74) is 0.454. The van der Waals surface area contributed by atoms with Gasteiger partial charge in [-0.1, -0.05) is 42.5 Å². The Hall–Kier alpha value is -3.47. The zero-order valence-corrected chi connectivity index (χ0v) is 19.8. The van der Waals surface area contributed by atoms with Crippen molar-refractivity contribution in [1.82, 2.24) is 9.58 Å². The number of carbonyl (C=O) groups excluding carboxylic acids is 1. The summed E-state index contributed by atoms with van der Waals surface area (Å²) in [5.74, 6) is -1.63. The maximum atomic E-state index is 14.2. The lowest BCUT2D eigenvalue weighted by atomic mass is 9.94. The second-order valence-corrected chi connectivity index (χ2v) is 9.66. The van der Waals surface area contributed by atoms with Crippen molar-refractivity contribution >= 4 is 17.7 Å². The number of benzene rings is 2. The topological polar surface area (TPSA) is 65.8 Å². The highest BCUT2D eigenvalue weighted by Gasteiger charge is 2.48. The number of rotatable bonds is 3. The molecule has 2 aliphatic rings. The lowest BCUT2D eigenvalue weighted by Crippen LogP contribution is -2.61. The van der Waals surface area contributed by atoms with Crippen LogP contribution in [0.4, 0.5) is 17.6 Å². The van der Waals surface area contributed by atoms with Crippen molar-refractivity contribution in [1.29, 1.82) is 0 Å². The highest BCUT2D eigenvalue weighted by molar-refractivity contribution is 7.98. The first-order valence-electron chi connectivity index (χ1n) is 11.1. The molecular formula is C25H21F4N3O3S. The molecule has 0 fully saturated rings. The van der Waals surface area contributed by atoms with Gasteiger partial charge in [-0.2, -0.15) is 13.2 Å². The van der Waals surface area contributed by atoms with Crippen molar-refractivity contribution in [3.63, 3.8) is 0 Å². The molecule has 188 valence electrons. The zero-order chi connectivity index (χ0) is 25.8. The number of hydrogen-bond acceptors (Lipinski definition) is 5. The minimum absolute atomic E-state index is 0.243. The number of carbonyl (C=O) groups is 1. The fraction of sp³-hybridized carbons (Fsp3) is 0.280. The molecule has 2 aliphatic heterocycles. The van der Waals surface area contributed by atoms with E-state index in [-0.39, 0.29) is 5.69 Å². The predicted octanol–water partition coefficient (Wildman–Crippen LogP) is 4.72. The third kappa shape index (κ3) is 3.82. The summed E-state index contributed by atoms with van der Waals surface area (Å²) in [6.45, 7) is -0.892. The second-order valence-electron chi connectivity index (χ2n) is 8.64. The van der Waals surface area contributed by atoms with Crippen molar-refractivity contribution in [3.8, 4) is 5.75 Å². The highest BCUT2D eigenvalue weighted by Crippen LogP contribution is 2.43. The summed E-state index contributed by atoms with van der Waals surface area (Å²) in [4.78, 5) is 27.1. The number of nitrogens with zero attached hydrogens (tertiary/aromatic N) is 3. The predicted molar refractivity (Wildman–Crippen MR) is 126 cm³/mol. The number of aromatic nitrogens is 1. The van der Waals surface area contributed by atoms with Crippen LogP contribution < -0.4 is 10.4 Å². The van der Waals surface area contributed by atoms with E-state index in [1.54, 1.807) is 23.9 Å². The molecule has 0 spiro atoms. The Balaban J connectivity index is 1.83. The molecular weight excluding hydrogens is 498 g/mol. The van der Waals surface area contributed by atoms with Gasteiger partial charge in [0.25, 0.3) is 5.91 Å². The fourth-order valence-corrected chi connectivity index (χ4v) is 5.82. The summed E-state index contributed by atoms with van der Waals surface area (Å²) in [7, 11) is 0. The van der Waals surface area contributed by atoms with Crippen LogP contribution in [0.5, 0.6) is 5.75 Å². The number of thioether (sulfide) groups is 1. The van der Waals surface area contributed by atoms with Crippen LogP contribution in [0, 0.1) is 0 Å². The highest BCUT2D eigenvalue weighted by atomic mass is 32.2. The van der Waals surface area contributed by atoms with Crippen molar-refractivity contribution in [2.24, 2.45) is 0 Å². The van der Waals surface area contributed by atoms with Gasteiger partial charge in [0.05, 0.1) is 11.7 Å². The van der Waals surface area contributed by atoms with E-state index in [9.17, 15) is 32.3 Å². The molecule has 6 nitrogen and oxygen atoms in total. The molecule has 2 aromatic carbocycles. The molecule has 1 N–H and O–H groups in total. The number of alkyl halides is 4. The Bertz CT molecular complexity index is 1360. The smallest absolute Gasteiger partial charge is 0.408 e. The van der Waals surface area contributed by atoms with Gasteiger partial charge >= 0.3 is 6.18 Å². The van der Waals surface area contributed by atoms with E-state index in [1.807, 2.05) is 36.4 Å².